The van der Waals surface area contributed by atoms with Gasteiger partial charge in [0.15, 0.2) is 0 Å². The average Bonchev–Trinajstić information content (AvgIpc) is 1.88. The molecule has 10 heavy (non-hydrogen) atoms. The Morgan fingerprint density at radius 1 is 1.50 bits per heavy atom. The molecule has 58 valence electrons. The van der Waals surface area contributed by atoms with Crippen molar-refractivity contribution >= 4 is 5.71 Å². The van der Waals surface area contributed by atoms with Gasteiger partial charge in [-0.3, -0.25) is 4.99 Å². The molecule has 0 unspecified atom stereocenters. The minimum Gasteiger partial charge on any atom is -0.291 e. The van der Waals surface area contributed by atoms with Crippen LogP contribution in [0.25, 0.3) is 0 Å². The maximum atomic E-state index is 4.60. The van der Waals surface area contributed by atoms with Crippen LogP contribution < -0.4 is 0 Å². The van der Waals surface area contributed by atoms with Crippen LogP contribution in [0.3, 0.4) is 0 Å². The molecule has 1 aliphatic rings. The number of aliphatic imine (C=N–C) groups is 1. The lowest BCUT2D eigenvalue weighted by Crippen LogP contribution is -2.16. The quantitative estimate of drug-likeness (QED) is 0.529. The first kappa shape index (κ1) is 7.77. The molecule has 0 N–H and O–H groups in total. The van der Waals surface area contributed by atoms with Gasteiger partial charge in [-0.15, -0.1) is 0 Å². The van der Waals surface area contributed by atoms with Crippen molar-refractivity contribution in [1.82, 2.24) is 0 Å². The normalized spacial score (nSPS) is 26.8. The second kappa shape index (κ2) is 3.18. The molecule has 0 aromatic rings. The Labute approximate surface area is 63.5 Å². The van der Waals surface area contributed by atoms with Gasteiger partial charge in [-0.25, -0.2) is 0 Å². The van der Waals surface area contributed by atoms with E-state index in [4.69, 9.17) is 0 Å². The van der Waals surface area contributed by atoms with E-state index in [9.17, 15) is 0 Å². The Morgan fingerprint density at radius 2 is 2.20 bits per heavy atom. The summed E-state index contributed by atoms with van der Waals surface area (Å²) < 4.78 is 0. The van der Waals surface area contributed by atoms with E-state index in [1.54, 1.807) is 0 Å². The molecule has 0 fully saturated rings. The van der Waals surface area contributed by atoms with Crippen LogP contribution in [-0.2, 0) is 0 Å². The SMILES string of the molecule is CC(C)C1=N[C@H](C)CCC1. The van der Waals surface area contributed by atoms with Gasteiger partial charge in [0.05, 0.1) is 0 Å². The molecule has 0 aromatic heterocycles. The first-order valence-corrected chi connectivity index (χ1v) is 4.26. The molecule has 1 heterocycles. The zero-order valence-corrected chi connectivity index (χ0v) is 7.22. The lowest BCUT2D eigenvalue weighted by Gasteiger charge is -2.19. The summed E-state index contributed by atoms with van der Waals surface area (Å²) in [6.07, 6.45) is 3.87. The van der Waals surface area contributed by atoms with Crippen molar-refractivity contribution in [3.63, 3.8) is 0 Å². The lowest BCUT2D eigenvalue weighted by atomic mass is 9.97. The van der Waals surface area contributed by atoms with Crippen LogP contribution in [0.5, 0.6) is 0 Å². The first-order valence-electron chi connectivity index (χ1n) is 4.26. The van der Waals surface area contributed by atoms with Crippen molar-refractivity contribution < 1.29 is 0 Å². The van der Waals surface area contributed by atoms with Crippen molar-refractivity contribution in [2.24, 2.45) is 10.9 Å². The summed E-state index contributed by atoms with van der Waals surface area (Å²) in [5.74, 6) is 0.669. The molecule has 1 aliphatic heterocycles. The second-order valence-electron chi connectivity index (χ2n) is 3.52. The summed E-state index contributed by atoms with van der Waals surface area (Å²) in [5, 5.41) is 0. The topological polar surface area (TPSA) is 12.4 Å². The molecule has 0 aromatic carbocycles. The van der Waals surface area contributed by atoms with E-state index in [2.05, 4.69) is 25.8 Å². The van der Waals surface area contributed by atoms with Crippen molar-refractivity contribution in [1.29, 1.82) is 0 Å². The van der Waals surface area contributed by atoms with E-state index >= 15 is 0 Å². The minimum atomic E-state index is 0.589. The van der Waals surface area contributed by atoms with Crippen molar-refractivity contribution in [2.75, 3.05) is 0 Å². The number of rotatable bonds is 1. The molecular weight excluding hydrogens is 122 g/mol. The van der Waals surface area contributed by atoms with Crippen LogP contribution in [0.15, 0.2) is 4.99 Å². The molecule has 0 spiro atoms. The first-order chi connectivity index (χ1) is 4.70. The fourth-order valence-electron chi connectivity index (χ4n) is 1.43. The van der Waals surface area contributed by atoms with Crippen LogP contribution in [0.1, 0.15) is 40.0 Å². The van der Waals surface area contributed by atoms with E-state index in [0.717, 1.165) is 0 Å². The average molecular weight is 139 g/mol. The summed E-state index contributed by atoms with van der Waals surface area (Å²) in [5.41, 5.74) is 1.43. The molecule has 0 saturated heterocycles. The summed E-state index contributed by atoms with van der Waals surface area (Å²) in [6.45, 7) is 6.68. The van der Waals surface area contributed by atoms with Crippen molar-refractivity contribution in [3.05, 3.63) is 0 Å². The van der Waals surface area contributed by atoms with E-state index in [1.165, 1.54) is 25.0 Å². The highest BCUT2D eigenvalue weighted by molar-refractivity contribution is 5.86. The Hall–Kier alpha value is -0.330. The third-order valence-electron chi connectivity index (χ3n) is 2.11. The van der Waals surface area contributed by atoms with Crippen LogP contribution in [0, 0.1) is 5.92 Å². The van der Waals surface area contributed by atoms with Gasteiger partial charge in [0.25, 0.3) is 0 Å². The number of nitrogens with zero attached hydrogens (tertiary/aromatic N) is 1. The zero-order valence-electron chi connectivity index (χ0n) is 7.22. The van der Waals surface area contributed by atoms with Crippen molar-refractivity contribution in [2.45, 2.75) is 46.1 Å². The highest BCUT2D eigenvalue weighted by Crippen LogP contribution is 2.16. The van der Waals surface area contributed by atoms with Gasteiger partial charge in [-0.2, -0.15) is 0 Å². The molecule has 0 saturated carbocycles. The predicted octanol–water partition coefficient (Wildman–Crippen LogP) is 2.66. The van der Waals surface area contributed by atoms with Crippen LogP contribution in [-0.4, -0.2) is 11.8 Å². The molecule has 1 nitrogen and oxygen atoms in total. The van der Waals surface area contributed by atoms with Gasteiger partial charge in [0, 0.05) is 11.8 Å². The maximum absolute atomic E-state index is 4.60. The van der Waals surface area contributed by atoms with Crippen LogP contribution in [0.4, 0.5) is 0 Å². The molecule has 0 bridgehead atoms. The minimum absolute atomic E-state index is 0.589. The molecule has 0 aliphatic carbocycles. The van der Waals surface area contributed by atoms with Gasteiger partial charge in [-0.05, 0) is 32.1 Å². The Morgan fingerprint density at radius 3 is 2.60 bits per heavy atom. The predicted molar refractivity (Wildman–Crippen MR) is 45.6 cm³/mol. The largest absolute Gasteiger partial charge is 0.291 e. The second-order valence-corrected chi connectivity index (χ2v) is 3.52. The molecule has 1 atom stereocenters. The standard InChI is InChI=1S/C9H17N/c1-7(2)9-6-4-5-8(3)10-9/h7-8H,4-6H2,1-3H3/t8-/m1/s1. The smallest absolute Gasteiger partial charge is 0.0471 e. The Bertz CT molecular complexity index is 136. The van der Waals surface area contributed by atoms with Gasteiger partial charge in [0.1, 0.15) is 0 Å². The van der Waals surface area contributed by atoms with Gasteiger partial charge >= 0.3 is 0 Å². The fourth-order valence-corrected chi connectivity index (χ4v) is 1.43. The summed E-state index contributed by atoms with van der Waals surface area (Å²) in [7, 11) is 0. The van der Waals surface area contributed by atoms with Crippen LogP contribution >= 0.6 is 0 Å². The summed E-state index contributed by atoms with van der Waals surface area (Å²) >= 11 is 0. The molecule has 1 heteroatoms. The van der Waals surface area contributed by atoms with Gasteiger partial charge in [0.2, 0.25) is 0 Å². The molecule has 0 amide bonds. The van der Waals surface area contributed by atoms with Gasteiger partial charge in [-0.1, -0.05) is 13.8 Å². The number of hydrogen-bond donors (Lipinski definition) is 0. The fraction of sp³-hybridized carbons (Fsp3) is 0.889. The summed E-state index contributed by atoms with van der Waals surface area (Å²) in [4.78, 5) is 4.60. The van der Waals surface area contributed by atoms with E-state index in [-0.39, 0.29) is 0 Å². The van der Waals surface area contributed by atoms with Crippen LogP contribution in [0.2, 0.25) is 0 Å². The third kappa shape index (κ3) is 1.83. The lowest BCUT2D eigenvalue weighted by molar-refractivity contribution is 0.591. The Balaban J connectivity index is 2.57. The zero-order chi connectivity index (χ0) is 7.56. The molecule has 0 radical (unpaired) electrons. The highest BCUT2D eigenvalue weighted by Gasteiger charge is 2.12. The van der Waals surface area contributed by atoms with E-state index in [0.29, 0.717) is 12.0 Å². The van der Waals surface area contributed by atoms with Crippen molar-refractivity contribution in [3.8, 4) is 0 Å². The Kier molecular flexibility index (Phi) is 2.47. The van der Waals surface area contributed by atoms with E-state index < -0.39 is 0 Å². The monoisotopic (exact) mass is 139 g/mol. The summed E-state index contributed by atoms with van der Waals surface area (Å²) in [6, 6.07) is 0.589. The number of hydrogen-bond acceptors (Lipinski definition) is 1. The molecule has 1 rings (SSSR count). The van der Waals surface area contributed by atoms with Gasteiger partial charge < -0.3 is 0 Å². The van der Waals surface area contributed by atoms with E-state index in [1.807, 2.05) is 0 Å². The highest BCUT2D eigenvalue weighted by atomic mass is 14.8. The third-order valence-corrected chi connectivity index (χ3v) is 2.11. The molecular formula is C9H17N. The maximum Gasteiger partial charge on any atom is 0.0471 e.